The van der Waals surface area contributed by atoms with Crippen LogP contribution < -0.4 is 11.1 Å². The van der Waals surface area contributed by atoms with Gasteiger partial charge in [0.2, 0.25) is 5.95 Å². The molecule has 0 spiro atoms. The SMILES string of the molecule is CCN(CC)CCNc1nc(N)nnc1C. The van der Waals surface area contributed by atoms with Crippen LogP contribution in [0.1, 0.15) is 19.5 Å². The van der Waals surface area contributed by atoms with Crippen LogP contribution in [0.2, 0.25) is 0 Å². The van der Waals surface area contributed by atoms with E-state index in [4.69, 9.17) is 5.73 Å². The molecule has 90 valence electrons. The van der Waals surface area contributed by atoms with Gasteiger partial charge in [-0.2, -0.15) is 4.98 Å². The summed E-state index contributed by atoms with van der Waals surface area (Å²) in [6.45, 7) is 10.1. The summed E-state index contributed by atoms with van der Waals surface area (Å²) in [5.41, 5.74) is 6.25. The number of nitrogen functional groups attached to an aromatic ring is 1. The van der Waals surface area contributed by atoms with Crippen molar-refractivity contribution in [2.75, 3.05) is 37.2 Å². The highest BCUT2D eigenvalue weighted by Crippen LogP contribution is 2.07. The van der Waals surface area contributed by atoms with Gasteiger partial charge in [-0.25, -0.2) is 0 Å². The minimum absolute atomic E-state index is 0.205. The quantitative estimate of drug-likeness (QED) is 0.733. The lowest BCUT2D eigenvalue weighted by Gasteiger charge is -2.18. The fourth-order valence-electron chi connectivity index (χ4n) is 1.43. The van der Waals surface area contributed by atoms with E-state index < -0.39 is 0 Å². The summed E-state index contributed by atoms with van der Waals surface area (Å²) in [5.74, 6) is 0.926. The van der Waals surface area contributed by atoms with Gasteiger partial charge in [-0.1, -0.05) is 13.8 Å². The monoisotopic (exact) mass is 224 g/mol. The number of likely N-dealkylation sites (N-methyl/N-ethyl adjacent to an activating group) is 1. The maximum absolute atomic E-state index is 5.48. The van der Waals surface area contributed by atoms with Gasteiger partial charge in [0.25, 0.3) is 0 Å². The van der Waals surface area contributed by atoms with Gasteiger partial charge in [-0.05, 0) is 20.0 Å². The van der Waals surface area contributed by atoms with Crippen molar-refractivity contribution in [3.8, 4) is 0 Å². The van der Waals surface area contributed by atoms with Crippen LogP contribution >= 0.6 is 0 Å². The van der Waals surface area contributed by atoms with Crippen molar-refractivity contribution in [2.24, 2.45) is 0 Å². The summed E-state index contributed by atoms with van der Waals surface area (Å²) in [5, 5.41) is 10.8. The summed E-state index contributed by atoms with van der Waals surface area (Å²) >= 11 is 0. The number of aromatic nitrogens is 3. The van der Waals surface area contributed by atoms with Crippen molar-refractivity contribution in [1.82, 2.24) is 20.1 Å². The lowest BCUT2D eigenvalue weighted by Crippen LogP contribution is -2.29. The molecule has 16 heavy (non-hydrogen) atoms. The van der Waals surface area contributed by atoms with Crippen molar-refractivity contribution in [1.29, 1.82) is 0 Å². The molecule has 0 aliphatic rings. The topological polar surface area (TPSA) is 80.0 Å². The van der Waals surface area contributed by atoms with Gasteiger partial charge < -0.3 is 16.0 Å². The lowest BCUT2D eigenvalue weighted by molar-refractivity contribution is 0.316. The van der Waals surface area contributed by atoms with Crippen LogP contribution in [0, 0.1) is 6.92 Å². The molecule has 0 atom stereocenters. The molecule has 0 aliphatic carbocycles. The lowest BCUT2D eigenvalue weighted by atomic mass is 10.4. The van der Waals surface area contributed by atoms with Crippen LogP contribution in [0.15, 0.2) is 0 Å². The summed E-state index contributed by atoms with van der Waals surface area (Å²) in [7, 11) is 0. The molecule has 1 aromatic heterocycles. The molecule has 0 radical (unpaired) electrons. The van der Waals surface area contributed by atoms with Crippen molar-refractivity contribution >= 4 is 11.8 Å². The third-order valence-electron chi connectivity index (χ3n) is 2.49. The maximum Gasteiger partial charge on any atom is 0.242 e. The average molecular weight is 224 g/mol. The Bertz CT molecular complexity index is 323. The van der Waals surface area contributed by atoms with Gasteiger partial charge in [-0.15, -0.1) is 10.2 Å². The van der Waals surface area contributed by atoms with Gasteiger partial charge in [-0.3, -0.25) is 0 Å². The van der Waals surface area contributed by atoms with Crippen LogP contribution in [0.4, 0.5) is 11.8 Å². The van der Waals surface area contributed by atoms with E-state index in [0.29, 0.717) is 0 Å². The average Bonchev–Trinajstić information content (AvgIpc) is 2.29. The van der Waals surface area contributed by atoms with Crippen LogP contribution in [-0.4, -0.2) is 46.3 Å². The van der Waals surface area contributed by atoms with Crippen molar-refractivity contribution in [3.63, 3.8) is 0 Å². The van der Waals surface area contributed by atoms with Gasteiger partial charge in [0.05, 0.1) is 0 Å². The number of hydrogen-bond acceptors (Lipinski definition) is 6. The van der Waals surface area contributed by atoms with Crippen molar-refractivity contribution in [3.05, 3.63) is 5.69 Å². The Balaban J connectivity index is 2.45. The van der Waals surface area contributed by atoms with Gasteiger partial charge in [0.15, 0.2) is 5.82 Å². The zero-order valence-electron chi connectivity index (χ0n) is 10.2. The van der Waals surface area contributed by atoms with Crippen LogP contribution in [0.5, 0.6) is 0 Å². The molecule has 6 nitrogen and oxygen atoms in total. The molecule has 1 rings (SSSR count). The normalized spacial score (nSPS) is 10.8. The Kier molecular flexibility index (Phi) is 4.91. The van der Waals surface area contributed by atoms with E-state index in [1.165, 1.54) is 0 Å². The first-order valence-electron chi connectivity index (χ1n) is 5.60. The second kappa shape index (κ2) is 6.22. The summed E-state index contributed by atoms with van der Waals surface area (Å²) in [6, 6.07) is 0. The van der Waals surface area contributed by atoms with E-state index >= 15 is 0 Å². The Labute approximate surface area is 96.3 Å². The molecule has 3 N–H and O–H groups in total. The maximum atomic E-state index is 5.48. The van der Waals surface area contributed by atoms with E-state index in [0.717, 1.165) is 37.7 Å². The van der Waals surface area contributed by atoms with Gasteiger partial charge in [0, 0.05) is 13.1 Å². The number of nitrogens with one attached hydrogen (secondary N) is 1. The zero-order valence-corrected chi connectivity index (χ0v) is 10.2. The van der Waals surface area contributed by atoms with E-state index in [2.05, 4.69) is 39.2 Å². The van der Waals surface area contributed by atoms with E-state index in [1.807, 2.05) is 6.92 Å². The Morgan fingerprint density at radius 1 is 1.25 bits per heavy atom. The van der Waals surface area contributed by atoms with Crippen molar-refractivity contribution in [2.45, 2.75) is 20.8 Å². The molecule has 0 aliphatic heterocycles. The molecule has 0 saturated carbocycles. The molecule has 6 heteroatoms. The number of anilines is 2. The Morgan fingerprint density at radius 2 is 1.94 bits per heavy atom. The largest absolute Gasteiger partial charge is 0.367 e. The van der Waals surface area contributed by atoms with Crippen LogP contribution in [0.3, 0.4) is 0 Å². The minimum Gasteiger partial charge on any atom is -0.367 e. The first kappa shape index (κ1) is 12.6. The summed E-state index contributed by atoms with van der Waals surface area (Å²) < 4.78 is 0. The summed E-state index contributed by atoms with van der Waals surface area (Å²) in [4.78, 5) is 6.43. The van der Waals surface area contributed by atoms with Crippen LogP contribution in [-0.2, 0) is 0 Å². The smallest absolute Gasteiger partial charge is 0.242 e. The van der Waals surface area contributed by atoms with Crippen LogP contribution in [0.25, 0.3) is 0 Å². The first-order chi connectivity index (χ1) is 7.67. The predicted molar refractivity (Wildman–Crippen MR) is 65.3 cm³/mol. The highest BCUT2D eigenvalue weighted by molar-refractivity contribution is 5.41. The number of aryl methyl sites for hydroxylation is 1. The number of nitrogens with two attached hydrogens (primary N) is 1. The molecule has 1 aromatic rings. The summed E-state index contributed by atoms with van der Waals surface area (Å²) in [6.07, 6.45) is 0. The number of rotatable bonds is 6. The molecule has 0 amide bonds. The second-order valence-electron chi connectivity index (χ2n) is 3.56. The molecule has 1 heterocycles. The van der Waals surface area contributed by atoms with E-state index in [9.17, 15) is 0 Å². The molecule has 0 aromatic carbocycles. The van der Waals surface area contributed by atoms with Gasteiger partial charge in [0.1, 0.15) is 5.69 Å². The Hall–Kier alpha value is -1.43. The van der Waals surface area contributed by atoms with Gasteiger partial charge >= 0.3 is 0 Å². The molecule has 0 fully saturated rings. The highest BCUT2D eigenvalue weighted by Gasteiger charge is 2.03. The highest BCUT2D eigenvalue weighted by atomic mass is 15.2. The standard InChI is InChI=1S/C10H20N6/c1-4-16(5-2)7-6-12-9-8(3)14-15-10(11)13-9/h4-7H2,1-3H3,(H3,11,12,13,15). The fraction of sp³-hybridized carbons (Fsp3) is 0.700. The molecule has 0 bridgehead atoms. The van der Waals surface area contributed by atoms with E-state index in [-0.39, 0.29) is 5.95 Å². The van der Waals surface area contributed by atoms with Crippen molar-refractivity contribution < 1.29 is 0 Å². The number of hydrogen-bond donors (Lipinski definition) is 2. The van der Waals surface area contributed by atoms with E-state index in [1.54, 1.807) is 0 Å². The second-order valence-corrected chi connectivity index (χ2v) is 3.56. The minimum atomic E-state index is 0.205. The third-order valence-corrected chi connectivity index (χ3v) is 2.49. The molecular formula is C10H20N6. The number of nitrogens with zero attached hydrogens (tertiary/aromatic N) is 4. The zero-order chi connectivity index (χ0) is 12.0. The molecule has 0 saturated heterocycles. The first-order valence-corrected chi connectivity index (χ1v) is 5.60. The molecule has 0 unspecified atom stereocenters. The molecular weight excluding hydrogens is 204 g/mol. The third kappa shape index (κ3) is 3.62. The Morgan fingerprint density at radius 3 is 2.56 bits per heavy atom. The predicted octanol–water partition coefficient (Wildman–Crippen LogP) is 0.516. The fourth-order valence-corrected chi connectivity index (χ4v) is 1.43.